The molecule has 30 heavy (non-hydrogen) atoms. The van der Waals surface area contributed by atoms with E-state index in [2.05, 4.69) is 35.2 Å². The van der Waals surface area contributed by atoms with E-state index in [0.29, 0.717) is 10.0 Å². The van der Waals surface area contributed by atoms with Crippen molar-refractivity contribution < 1.29 is 4.79 Å². The van der Waals surface area contributed by atoms with Crippen LogP contribution >= 0.6 is 23.2 Å². The quantitative estimate of drug-likeness (QED) is 0.570. The Labute approximate surface area is 189 Å². The minimum atomic E-state index is 0.106. The number of likely N-dealkylation sites (tertiary alicyclic amines) is 2. The van der Waals surface area contributed by atoms with Gasteiger partial charge in [0, 0.05) is 44.5 Å². The summed E-state index contributed by atoms with van der Waals surface area (Å²) in [6, 6.07) is 16.4. The maximum Gasteiger partial charge on any atom is 0.324 e. The van der Waals surface area contributed by atoms with Crippen LogP contribution in [0.2, 0.25) is 10.0 Å². The molecule has 0 unspecified atom stereocenters. The molecular formula is C24H29Cl2N3O. The Hall–Kier alpha value is -1.75. The molecule has 0 bridgehead atoms. The lowest BCUT2D eigenvalue weighted by atomic mass is 10.0. The zero-order valence-electron chi connectivity index (χ0n) is 17.3. The highest BCUT2D eigenvalue weighted by atomic mass is 35.5. The number of hydrogen-bond donors (Lipinski definition) is 0. The first-order chi connectivity index (χ1) is 14.6. The fourth-order valence-corrected chi connectivity index (χ4v) is 4.82. The van der Waals surface area contributed by atoms with Gasteiger partial charge in [-0.15, -0.1) is 0 Å². The van der Waals surface area contributed by atoms with Crippen molar-refractivity contribution >= 4 is 34.9 Å². The SMILES string of the molecule is O=C(N1CCCCC1)N(c1ccc(Cl)c(Cl)c1)C1CCN(Cc2ccccc2)CC1. The lowest BCUT2D eigenvalue weighted by Gasteiger charge is -2.41. The zero-order chi connectivity index (χ0) is 20.9. The van der Waals surface area contributed by atoms with E-state index in [1.165, 1.54) is 12.0 Å². The minimum absolute atomic E-state index is 0.106. The Balaban J connectivity index is 1.49. The minimum Gasteiger partial charge on any atom is -0.324 e. The summed E-state index contributed by atoms with van der Waals surface area (Å²) in [6.07, 6.45) is 5.26. The van der Waals surface area contributed by atoms with Crippen molar-refractivity contribution in [3.05, 3.63) is 64.1 Å². The van der Waals surface area contributed by atoms with Crippen LogP contribution in [0.1, 0.15) is 37.7 Å². The fourth-order valence-electron chi connectivity index (χ4n) is 4.53. The van der Waals surface area contributed by atoms with Gasteiger partial charge in [-0.25, -0.2) is 4.79 Å². The molecule has 0 atom stereocenters. The number of carbonyl (C=O) groups excluding carboxylic acids is 1. The molecule has 2 saturated heterocycles. The van der Waals surface area contributed by atoms with E-state index in [1.807, 2.05) is 21.9 Å². The molecule has 0 N–H and O–H groups in total. The average Bonchev–Trinajstić information content (AvgIpc) is 2.79. The van der Waals surface area contributed by atoms with E-state index >= 15 is 0 Å². The van der Waals surface area contributed by atoms with Crippen LogP contribution in [0.25, 0.3) is 0 Å². The lowest BCUT2D eigenvalue weighted by molar-refractivity contribution is 0.175. The van der Waals surface area contributed by atoms with Gasteiger partial charge in [-0.05, 0) is 55.9 Å². The molecule has 0 spiro atoms. The number of piperidine rings is 2. The van der Waals surface area contributed by atoms with Crippen molar-refractivity contribution in [3.63, 3.8) is 0 Å². The predicted octanol–water partition coefficient (Wildman–Crippen LogP) is 6.07. The zero-order valence-corrected chi connectivity index (χ0v) is 18.8. The van der Waals surface area contributed by atoms with E-state index in [9.17, 15) is 4.79 Å². The van der Waals surface area contributed by atoms with Crippen LogP contribution < -0.4 is 4.90 Å². The third kappa shape index (κ3) is 5.11. The first-order valence-corrected chi connectivity index (χ1v) is 11.7. The second-order valence-corrected chi connectivity index (χ2v) is 9.11. The normalized spacial score (nSPS) is 18.4. The number of anilines is 1. The lowest BCUT2D eigenvalue weighted by Crippen LogP contribution is -2.53. The van der Waals surface area contributed by atoms with Crippen molar-refractivity contribution in [1.82, 2.24) is 9.80 Å². The molecule has 2 aromatic carbocycles. The molecular weight excluding hydrogens is 417 g/mol. The molecule has 2 aliphatic rings. The van der Waals surface area contributed by atoms with E-state index in [-0.39, 0.29) is 12.1 Å². The van der Waals surface area contributed by atoms with Crippen molar-refractivity contribution in [3.8, 4) is 0 Å². The Morgan fingerprint density at radius 2 is 1.60 bits per heavy atom. The van der Waals surface area contributed by atoms with Gasteiger partial charge in [0.05, 0.1) is 10.0 Å². The molecule has 2 fully saturated rings. The molecule has 0 aliphatic carbocycles. The summed E-state index contributed by atoms with van der Waals surface area (Å²) < 4.78 is 0. The van der Waals surface area contributed by atoms with Gasteiger partial charge < -0.3 is 4.90 Å². The average molecular weight is 446 g/mol. The first kappa shape index (κ1) is 21.5. The highest BCUT2D eigenvalue weighted by molar-refractivity contribution is 6.42. The smallest absolute Gasteiger partial charge is 0.324 e. The second kappa shape index (κ2) is 10.0. The number of halogens is 2. The number of nitrogens with zero attached hydrogens (tertiary/aromatic N) is 3. The van der Waals surface area contributed by atoms with Crippen LogP contribution in [0.4, 0.5) is 10.5 Å². The van der Waals surface area contributed by atoms with E-state index in [1.54, 1.807) is 6.07 Å². The van der Waals surface area contributed by atoms with Crippen LogP contribution in [-0.2, 0) is 6.54 Å². The largest absolute Gasteiger partial charge is 0.324 e. The number of amides is 2. The monoisotopic (exact) mass is 445 g/mol. The van der Waals surface area contributed by atoms with Crippen LogP contribution in [0.15, 0.2) is 48.5 Å². The van der Waals surface area contributed by atoms with Crippen LogP contribution in [-0.4, -0.2) is 48.1 Å². The predicted molar refractivity (Wildman–Crippen MR) is 125 cm³/mol. The Morgan fingerprint density at radius 3 is 2.27 bits per heavy atom. The number of carbonyl (C=O) groups is 1. The molecule has 2 aromatic rings. The van der Waals surface area contributed by atoms with Crippen LogP contribution in [0.5, 0.6) is 0 Å². The first-order valence-electron chi connectivity index (χ1n) is 10.9. The van der Waals surface area contributed by atoms with Gasteiger partial charge in [-0.3, -0.25) is 9.80 Å². The van der Waals surface area contributed by atoms with Gasteiger partial charge in [-0.2, -0.15) is 0 Å². The third-order valence-corrected chi connectivity index (χ3v) is 6.92. The Bertz CT molecular complexity index is 847. The number of rotatable bonds is 4. The Kier molecular flexibility index (Phi) is 7.19. The molecule has 160 valence electrons. The molecule has 2 amide bonds. The summed E-state index contributed by atoms with van der Waals surface area (Å²) in [7, 11) is 0. The van der Waals surface area contributed by atoms with Gasteiger partial charge in [0.15, 0.2) is 0 Å². The van der Waals surface area contributed by atoms with Gasteiger partial charge >= 0.3 is 6.03 Å². The maximum absolute atomic E-state index is 13.5. The summed E-state index contributed by atoms with van der Waals surface area (Å²) in [5.74, 6) is 0. The Morgan fingerprint density at radius 1 is 0.900 bits per heavy atom. The summed E-state index contributed by atoms with van der Waals surface area (Å²) in [4.78, 5) is 20.0. The van der Waals surface area contributed by atoms with Gasteiger partial charge in [0.25, 0.3) is 0 Å². The highest BCUT2D eigenvalue weighted by Gasteiger charge is 2.32. The highest BCUT2D eigenvalue weighted by Crippen LogP contribution is 2.32. The molecule has 0 aromatic heterocycles. The number of hydrogen-bond acceptors (Lipinski definition) is 2. The molecule has 0 radical (unpaired) electrons. The molecule has 4 rings (SSSR count). The standard InChI is InChI=1S/C24H29Cl2N3O/c25-22-10-9-21(17-23(22)26)29(24(30)28-13-5-2-6-14-28)20-11-15-27(16-12-20)18-19-7-3-1-4-8-19/h1,3-4,7-10,17,20H,2,5-6,11-16,18H2. The van der Waals surface area contributed by atoms with Crippen LogP contribution in [0.3, 0.4) is 0 Å². The van der Waals surface area contributed by atoms with Crippen molar-refractivity contribution in [2.24, 2.45) is 0 Å². The summed E-state index contributed by atoms with van der Waals surface area (Å²) >= 11 is 12.5. The van der Waals surface area contributed by atoms with E-state index < -0.39 is 0 Å². The van der Waals surface area contributed by atoms with Gasteiger partial charge in [-0.1, -0.05) is 53.5 Å². The van der Waals surface area contributed by atoms with Gasteiger partial charge in [0.2, 0.25) is 0 Å². The third-order valence-electron chi connectivity index (χ3n) is 6.19. The van der Waals surface area contributed by atoms with Crippen molar-refractivity contribution in [2.45, 2.75) is 44.7 Å². The van der Waals surface area contributed by atoms with Crippen LogP contribution in [0, 0.1) is 0 Å². The van der Waals surface area contributed by atoms with Crippen molar-refractivity contribution in [2.75, 3.05) is 31.1 Å². The summed E-state index contributed by atoms with van der Waals surface area (Å²) in [5, 5.41) is 1.01. The number of urea groups is 1. The maximum atomic E-state index is 13.5. The summed E-state index contributed by atoms with van der Waals surface area (Å²) in [5.41, 5.74) is 2.18. The van der Waals surface area contributed by atoms with E-state index in [0.717, 1.165) is 64.1 Å². The summed E-state index contributed by atoms with van der Waals surface area (Å²) in [6.45, 7) is 4.59. The molecule has 2 aliphatic heterocycles. The van der Waals surface area contributed by atoms with Crippen molar-refractivity contribution in [1.29, 1.82) is 0 Å². The molecule has 6 heteroatoms. The fraction of sp³-hybridized carbons (Fsp3) is 0.458. The number of benzene rings is 2. The molecule has 4 nitrogen and oxygen atoms in total. The van der Waals surface area contributed by atoms with E-state index in [4.69, 9.17) is 23.2 Å². The molecule has 2 heterocycles. The second-order valence-electron chi connectivity index (χ2n) is 8.29. The van der Waals surface area contributed by atoms with Gasteiger partial charge in [0.1, 0.15) is 0 Å². The molecule has 0 saturated carbocycles. The topological polar surface area (TPSA) is 26.8 Å².